The summed E-state index contributed by atoms with van der Waals surface area (Å²) in [6.45, 7) is 5.47. The molecule has 0 aliphatic carbocycles. The Morgan fingerprint density at radius 1 is 1.28 bits per heavy atom. The molecular weight excluding hydrogens is 318 g/mol. The second-order valence-electron chi connectivity index (χ2n) is 6.11. The number of rotatable bonds is 6. The van der Waals surface area contributed by atoms with E-state index in [0.29, 0.717) is 13.1 Å². The molecular formula is C18H25N5O2. The maximum atomic E-state index is 12.3. The molecule has 2 amide bonds. The maximum absolute atomic E-state index is 12.3. The first kappa shape index (κ1) is 17.4. The van der Waals surface area contributed by atoms with Gasteiger partial charge in [0.05, 0.1) is 18.9 Å². The Morgan fingerprint density at radius 2 is 2.08 bits per heavy atom. The van der Waals surface area contributed by atoms with Gasteiger partial charge >= 0.3 is 6.03 Å². The van der Waals surface area contributed by atoms with Crippen LogP contribution in [0.15, 0.2) is 42.7 Å². The van der Waals surface area contributed by atoms with Gasteiger partial charge in [-0.05, 0) is 17.7 Å². The molecule has 2 heterocycles. The Morgan fingerprint density at radius 3 is 2.84 bits per heavy atom. The fourth-order valence-electron chi connectivity index (χ4n) is 2.82. The minimum atomic E-state index is -0.0662. The van der Waals surface area contributed by atoms with E-state index in [-0.39, 0.29) is 6.03 Å². The number of hydrogen-bond donors (Lipinski definition) is 1. The monoisotopic (exact) mass is 343 g/mol. The average Bonchev–Trinajstić information content (AvgIpc) is 3.20. The first-order valence-electron chi connectivity index (χ1n) is 8.61. The van der Waals surface area contributed by atoms with Crippen molar-refractivity contribution < 1.29 is 9.53 Å². The molecule has 0 atom stereocenters. The van der Waals surface area contributed by atoms with Crippen molar-refractivity contribution in [2.24, 2.45) is 0 Å². The van der Waals surface area contributed by atoms with Crippen molar-refractivity contribution in [2.75, 3.05) is 46.4 Å². The van der Waals surface area contributed by atoms with Crippen LogP contribution >= 0.6 is 0 Å². The number of likely N-dealkylation sites (N-methyl/N-ethyl adjacent to an activating group) is 1. The highest BCUT2D eigenvalue weighted by Crippen LogP contribution is 2.13. The van der Waals surface area contributed by atoms with Crippen molar-refractivity contribution in [2.45, 2.75) is 6.54 Å². The number of ether oxygens (including phenoxy) is 1. The number of nitrogens with one attached hydrogen (secondary N) is 1. The van der Waals surface area contributed by atoms with E-state index >= 15 is 0 Å². The summed E-state index contributed by atoms with van der Waals surface area (Å²) < 4.78 is 7.15. The van der Waals surface area contributed by atoms with Gasteiger partial charge in [-0.2, -0.15) is 5.10 Å². The highest BCUT2D eigenvalue weighted by molar-refractivity contribution is 5.74. The van der Waals surface area contributed by atoms with Gasteiger partial charge in [-0.1, -0.05) is 18.2 Å². The fraction of sp³-hybridized carbons (Fsp3) is 0.444. The number of morpholine rings is 1. The topological polar surface area (TPSA) is 62.6 Å². The molecule has 0 bridgehead atoms. The molecule has 2 aromatic rings. The number of nitrogens with zero attached hydrogens (tertiary/aromatic N) is 4. The van der Waals surface area contributed by atoms with Crippen LogP contribution in [-0.4, -0.2) is 72.1 Å². The van der Waals surface area contributed by atoms with Gasteiger partial charge < -0.3 is 15.0 Å². The molecule has 1 aromatic carbocycles. The number of carbonyl (C=O) groups is 1. The number of urea groups is 1. The predicted octanol–water partition coefficient (Wildman–Crippen LogP) is 1.35. The Labute approximate surface area is 148 Å². The quantitative estimate of drug-likeness (QED) is 0.860. The van der Waals surface area contributed by atoms with Crippen LogP contribution in [0.4, 0.5) is 4.79 Å². The highest BCUT2D eigenvalue weighted by Gasteiger charge is 2.14. The number of hydrogen-bond acceptors (Lipinski definition) is 4. The summed E-state index contributed by atoms with van der Waals surface area (Å²) in [5.74, 6) is 0. The van der Waals surface area contributed by atoms with Crippen LogP contribution in [0.1, 0.15) is 5.56 Å². The van der Waals surface area contributed by atoms with Crippen molar-refractivity contribution in [3.8, 4) is 5.69 Å². The second kappa shape index (κ2) is 8.64. The molecule has 1 N–H and O–H groups in total. The summed E-state index contributed by atoms with van der Waals surface area (Å²) in [5, 5.41) is 7.26. The summed E-state index contributed by atoms with van der Waals surface area (Å²) in [4.78, 5) is 16.4. The number of benzene rings is 1. The summed E-state index contributed by atoms with van der Waals surface area (Å²) in [5.41, 5.74) is 2.00. The van der Waals surface area contributed by atoms with Gasteiger partial charge in [0.15, 0.2) is 0 Å². The lowest BCUT2D eigenvalue weighted by atomic mass is 10.2. The normalized spacial score (nSPS) is 15.1. The van der Waals surface area contributed by atoms with Gasteiger partial charge in [0.25, 0.3) is 0 Å². The molecule has 1 aliphatic rings. The van der Waals surface area contributed by atoms with Gasteiger partial charge in [-0.3, -0.25) is 4.90 Å². The third-order valence-corrected chi connectivity index (χ3v) is 4.37. The van der Waals surface area contributed by atoms with E-state index in [9.17, 15) is 4.79 Å². The zero-order chi connectivity index (χ0) is 17.5. The Balaban J connectivity index is 1.50. The Hall–Kier alpha value is -2.38. The molecule has 134 valence electrons. The standard InChI is InChI=1S/C18H25N5O2/c1-21(9-10-22-11-13-25-14-12-22)18(24)19-15-16-5-2-3-6-17(16)23-8-4-7-20-23/h2-8H,9-15H2,1H3,(H,19,24). The SMILES string of the molecule is CN(CCN1CCOCC1)C(=O)NCc1ccccc1-n1cccn1. The molecule has 1 aliphatic heterocycles. The van der Waals surface area contributed by atoms with Crippen molar-refractivity contribution in [3.05, 3.63) is 48.3 Å². The van der Waals surface area contributed by atoms with Crippen molar-refractivity contribution in [3.63, 3.8) is 0 Å². The van der Waals surface area contributed by atoms with Gasteiger partial charge in [0.2, 0.25) is 0 Å². The predicted molar refractivity (Wildman–Crippen MR) is 95.7 cm³/mol. The van der Waals surface area contributed by atoms with Crippen LogP contribution < -0.4 is 5.32 Å². The summed E-state index contributed by atoms with van der Waals surface area (Å²) in [7, 11) is 1.83. The Bertz CT molecular complexity index is 668. The molecule has 7 nitrogen and oxygen atoms in total. The van der Waals surface area contributed by atoms with Crippen LogP contribution in [0, 0.1) is 0 Å². The van der Waals surface area contributed by atoms with Crippen molar-refractivity contribution in [1.29, 1.82) is 0 Å². The summed E-state index contributed by atoms with van der Waals surface area (Å²) >= 11 is 0. The van der Waals surface area contributed by atoms with Gasteiger partial charge in [0, 0.05) is 52.2 Å². The molecule has 1 saturated heterocycles. The van der Waals surface area contributed by atoms with Gasteiger partial charge in [0.1, 0.15) is 0 Å². The van der Waals surface area contributed by atoms with E-state index in [1.165, 1.54) is 0 Å². The first-order valence-corrected chi connectivity index (χ1v) is 8.61. The molecule has 25 heavy (non-hydrogen) atoms. The summed E-state index contributed by atoms with van der Waals surface area (Å²) in [6, 6.07) is 9.76. The van der Waals surface area contributed by atoms with E-state index < -0.39 is 0 Å². The molecule has 3 rings (SSSR count). The lowest BCUT2D eigenvalue weighted by molar-refractivity contribution is 0.0357. The second-order valence-corrected chi connectivity index (χ2v) is 6.11. The van der Waals surface area contributed by atoms with E-state index in [4.69, 9.17) is 4.74 Å². The van der Waals surface area contributed by atoms with E-state index in [1.54, 1.807) is 11.1 Å². The van der Waals surface area contributed by atoms with Crippen LogP contribution in [0.25, 0.3) is 5.69 Å². The highest BCUT2D eigenvalue weighted by atomic mass is 16.5. The lowest BCUT2D eigenvalue weighted by Crippen LogP contribution is -2.44. The molecule has 0 unspecified atom stereocenters. The third kappa shape index (κ3) is 4.80. The molecule has 7 heteroatoms. The minimum Gasteiger partial charge on any atom is -0.379 e. The number of carbonyl (C=O) groups excluding carboxylic acids is 1. The minimum absolute atomic E-state index is 0.0662. The third-order valence-electron chi connectivity index (χ3n) is 4.37. The fourth-order valence-corrected chi connectivity index (χ4v) is 2.82. The van der Waals surface area contributed by atoms with E-state index in [2.05, 4.69) is 15.3 Å². The molecule has 0 saturated carbocycles. The van der Waals surface area contributed by atoms with Crippen LogP contribution in [0.3, 0.4) is 0 Å². The molecule has 1 fully saturated rings. The van der Waals surface area contributed by atoms with Gasteiger partial charge in [-0.15, -0.1) is 0 Å². The molecule has 0 radical (unpaired) electrons. The molecule has 0 spiro atoms. The zero-order valence-corrected chi connectivity index (χ0v) is 14.6. The zero-order valence-electron chi connectivity index (χ0n) is 14.6. The number of aromatic nitrogens is 2. The van der Waals surface area contributed by atoms with E-state index in [1.807, 2.05) is 48.3 Å². The van der Waals surface area contributed by atoms with Crippen LogP contribution in [-0.2, 0) is 11.3 Å². The number of para-hydroxylation sites is 1. The first-order chi connectivity index (χ1) is 12.2. The average molecular weight is 343 g/mol. The van der Waals surface area contributed by atoms with Crippen LogP contribution in [0.5, 0.6) is 0 Å². The Kier molecular flexibility index (Phi) is 6.03. The van der Waals surface area contributed by atoms with Crippen LogP contribution in [0.2, 0.25) is 0 Å². The van der Waals surface area contributed by atoms with Crippen molar-refractivity contribution >= 4 is 6.03 Å². The van der Waals surface area contributed by atoms with Crippen molar-refractivity contribution in [1.82, 2.24) is 24.9 Å². The maximum Gasteiger partial charge on any atom is 0.317 e. The summed E-state index contributed by atoms with van der Waals surface area (Å²) in [6.07, 6.45) is 3.64. The largest absolute Gasteiger partial charge is 0.379 e. The number of amides is 2. The van der Waals surface area contributed by atoms with E-state index in [0.717, 1.165) is 44.1 Å². The molecule has 1 aromatic heterocycles. The lowest BCUT2D eigenvalue weighted by Gasteiger charge is -2.28. The van der Waals surface area contributed by atoms with Gasteiger partial charge in [-0.25, -0.2) is 9.48 Å². The smallest absolute Gasteiger partial charge is 0.317 e.